The van der Waals surface area contributed by atoms with Crippen molar-refractivity contribution in [3.63, 3.8) is 0 Å². The van der Waals surface area contributed by atoms with Crippen molar-refractivity contribution < 1.29 is 4.74 Å². The zero-order valence-corrected chi connectivity index (χ0v) is 15.2. The third-order valence-corrected chi connectivity index (χ3v) is 2.69. The number of ether oxygens (including phenoxy) is 1. The summed E-state index contributed by atoms with van der Waals surface area (Å²) in [6.45, 7) is 9.87. The van der Waals surface area contributed by atoms with Gasteiger partial charge in [-0.1, -0.05) is 29.8 Å². The first kappa shape index (κ1) is 19.8. The number of halogens is 1. The number of benzene rings is 1. The van der Waals surface area contributed by atoms with E-state index in [0.29, 0.717) is 19.1 Å². The second kappa shape index (κ2) is 11.4. The molecule has 0 aliphatic rings. The van der Waals surface area contributed by atoms with Crippen molar-refractivity contribution in [2.75, 3.05) is 19.7 Å². The van der Waals surface area contributed by atoms with Crippen molar-refractivity contribution in [2.45, 2.75) is 26.7 Å². The van der Waals surface area contributed by atoms with Crippen LogP contribution in [0.4, 0.5) is 0 Å². The van der Waals surface area contributed by atoms with Crippen LogP contribution in [0.25, 0.3) is 0 Å². The molecule has 0 bridgehead atoms. The van der Waals surface area contributed by atoms with Gasteiger partial charge < -0.3 is 15.8 Å². The third-order valence-electron chi connectivity index (χ3n) is 2.69. The summed E-state index contributed by atoms with van der Waals surface area (Å²) in [5.41, 5.74) is 7.95. The van der Waals surface area contributed by atoms with E-state index in [-0.39, 0.29) is 24.0 Å². The molecule has 1 rings (SSSR count). The highest BCUT2D eigenvalue weighted by atomic mass is 127. The highest BCUT2D eigenvalue weighted by molar-refractivity contribution is 14.0. The van der Waals surface area contributed by atoms with E-state index in [4.69, 9.17) is 10.5 Å². The zero-order valence-electron chi connectivity index (χ0n) is 12.9. The van der Waals surface area contributed by atoms with Crippen LogP contribution in [-0.4, -0.2) is 25.7 Å². The van der Waals surface area contributed by atoms with E-state index in [9.17, 15) is 0 Å². The maximum Gasteiger partial charge on any atom is 0.188 e. The minimum Gasteiger partial charge on any atom is -0.494 e. The van der Waals surface area contributed by atoms with Gasteiger partial charge in [0.15, 0.2) is 5.96 Å². The number of nitrogens with two attached hydrogens (primary N) is 1. The van der Waals surface area contributed by atoms with Crippen LogP contribution in [-0.2, 0) is 0 Å². The number of nitrogens with zero attached hydrogens (tertiary/aromatic N) is 1. The van der Waals surface area contributed by atoms with Gasteiger partial charge in [-0.05, 0) is 38.8 Å². The Morgan fingerprint density at radius 1 is 1.29 bits per heavy atom. The lowest BCUT2D eigenvalue weighted by atomic mass is 10.2. The molecule has 0 amide bonds. The molecular formula is C16H26IN3O. The Morgan fingerprint density at radius 2 is 1.95 bits per heavy atom. The highest BCUT2D eigenvalue weighted by Gasteiger charge is 1.95. The molecular weight excluding hydrogens is 377 g/mol. The number of nitrogens with one attached hydrogen (secondary N) is 1. The molecule has 0 spiro atoms. The van der Waals surface area contributed by atoms with Crippen LogP contribution in [0.3, 0.4) is 0 Å². The molecule has 1 aromatic carbocycles. The Labute approximate surface area is 144 Å². The number of aryl methyl sites for hydroxylation is 1. The van der Waals surface area contributed by atoms with Crippen LogP contribution in [0, 0.1) is 6.92 Å². The molecule has 0 heterocycles. The Bertz CT molecular complexity index is 443. The fraction of sp³-hybridized carbons (Fsp3) is 0.438. The van der Waals surface area contributed by atoms with Gasteiger partial charge in [0.1, 0.15) is 5.75 Å². The fourth-order valence-corrected chi connectivity index (χ4v) is 1.54. The molecule has 0 radical (unpaired) electrons. The second-order valence-electron chi connectivity index (χ2n) is 4.95. The molecule has 1 aromatic rings. The van der Waals surface area contributed by atoms with Crippen molar-refractivity contribution in [1.29, 1.82) is 0 Å². The molecule has 0 saturated carbocycles. The lowest BCUT2D eigenvalue weighted by molar-refractivity contribution is 0.307. The topological polar surface area (TPSA) is 59.6 Å². The average molecular weight is 403 g/mol. The van der Waals surface area contributed by atoms with Gasteiger partial charge in [-0.3, -0.25) is 0 Å². The van der Waals surface area contributed by atoms with E-state index in [1.165, 1.54) is 5.56 Å². The van der Waals surface area contributed by atoms with Crippen molar-refractivity contribution in [3.05, 3.63) is 42.0 Å². The van der Waals surface area contributed by atoms with Gasteiger partial charge in [-0.2, -0.15) is 0 Å². The van der Waals surface area contributed by atoms with Gasteiger partial charge >= 0.3 is 0 Å². The maximum absolute atomic E-state index is 5.71. The van der Waals surface area contributed by atoms with Gasteiger partial charge in [0.05, 0.1) is 13.2 Å². The van der Waals surface area contributed by atoms with E-state index in [0.717, 1.165) is 30.7 Å². The Balaban J connectivity index is 0.00000400. The number of guanidine groups is 1. The minimum atomic E-state index is 0. The Morgan fingerprint density at radius 3 is 2.57 bits per heavy atom. The molecule has 3 N–H and O–H groups in total. The summed E-state index contributed by atoms with van der Waals surface area (Å²) in [6, 6.07) is 8.09. The van der Waals surface area contributed by atoms with Crippen LogP contribution in [0.2, 0.25) is 0 Å². The normalized spacial score (nSPS) is 10.7. The van der Waals surface area contributed by atoms with Crippen LogP contribution < -0.4 is 15.8 Å². The van der Waals surface area contributed by atoms with E-state index in [1.54, 1.807) is 0 Å². The smallest absolute Gasteiger partial charge is 0.188 e. The van der Waals surface area contributed by atoms with Gasteiger partial charge in [0.2, 0.25) is 0 Å². The predicted octanol–water partition coefficient (Wildman–Crippen LogP) is 3.25. The second-order valence-corrected chi connectivity index (χ2v) is 4.95. The van der Waals surface area contributed by atoms with Gasteiger partial charge in [-0.15, -0.1) is 24.0 Å². The lowest BCUT2D eigenvalue weighted by Crippen LogP contribution is -2.32. The molecule has 0 fully saturated rings. The van der Waals surface area contributed by atoms with Gasteiger partial charge in [-0.25, -0.2) is 4.99 Å². The standard InChI is InChI=1S/C16H25N3O.HI/c1-13(2)12-19-16(17)18-10-4-5-11-20-15-8-6-14(3)7-9-15;/h6-9H,1,4-5,10-12H2,2-3H3,(H3,17,18,19);1H. The molecule has 4 nitrogen and oxygen atoms in total. The van der Waals surface area contributed by atoms with Gasteiger partial charge in [0.25, 0.3) is 0 Å². The third kappa shape index (κ3) is 10.2. The number of hydrogen-bond acceptors (Lipinski definition) is 2. The quantitative estimate of drug-likeness (QED) is 0.230. The molecule has 0 atom stereocenters. The van der Waals surface area contributed by atoms with Crippen LogP contribution in [0.1, 0.15) is 25.3 Å². The van der Waals surface area contributed by atoms with Crippen molar-refractivity contribution in [2.24, 2.45) is 10.7 Å². The van der Waals surface area contributed by atoms with E-state index < -0.39 is 0 Å². The summed E-state index contributed by atoms with van der Waals surface area (Å²) in [4.78, 5) is 4.15. The molecule has 21 heavy (non-hydrogen) atoms. The lowest BCUT2D eigenvalue weighted by Gasteiger charge is -2.07. The van der Waals surface area contributed by atoms with Crippen molar-refractivity contribution in [1.82, 2.24) is 5.32 Å². The van der Waals surface area contributed by atoms with Crippen LogP contribution in [0.5, 0.6) is 5.75 Å². The number of unbranched alkanes of at least 4 members (excludes halogenated alkanes) is 1. The summed E-state index contributed by atoms with van der Waals surface area (Å²) in [6.07, 6.45) is 1.98. The molecule has 0 saturated heterocycles. The summed E-state index contributed by atoms with van der Waals surface area (Å²) in [5.74, 6) is 1.40. The Kier molecular flexibility index (Phi) is 10.7. The van der Waals surface area contributed by atoms with Gasteiger partial charge in [0, 0.05) is 6.54 Å². The minimum absolute atomic E-state index is 0. The number of aliphatic imine (C=N–C) groups is 1. The molecule has 0 aliphatic heterocycles. The average Bonchev–Trinajstić information content (AvgIpc) is 2.42. The molecule has 118 valence electrons. The first-order valence-corrected chi connectivity index (χ1v) is 6.95. The monoisotopic (exact) mass is 403 g/mol. The maximum atomic E-state index is 5.71. The highest BCUT2D eigenvalue weighted by Crippen LogP contribution is 2.11. The summed E-state index contributed by atoms with van der Waals surface area (Å²) in [7, 11) is 0. The Hall–Kier alpha value is -1.24. The molecule has 0 unspecified atom stereocenters. The summed E-state index contributed by atoms with van der Waals surface area (Å²) < 4.78 is 5.65. The van der Waals surface area contributed by atoms with Crippen LogP contribution >= 0.6 is 24.0 Å². The summed E-state index contributed by atoms with van der Waals surface area (Å²) in [5, 5.41) is 3.08. The first-order valence-electron chi connectivity index (χ1n) is 6.95. The van der Waals surface area contributed by atoms with E-state index >= 15 is 0 Å². The first-order chi connectivity index (χ1) is 9.58. The van der Waals surface area contributed by atoms with Crippen LogP contribution in [0.15, 0.2) is 41.4 Å². The zero-order chi connectivity index (χ0) is 14.8. The largest absolute Gasteiger partial charge is 0.494 e. The molecule has 0 aliphatic carbocycles. The van der Waals surface area contributed by atoms with E-state index in [1.807, 2.05) is 19.1 Å². The summed E-state index contributed by atoms with van der Waals surface area (Å²) >= 11 is 0. The molecule has 5 heteroatoms. The van der Waals surface area contributed by atoms with Crippen molar-refractivity contribution >= 4 is 29.9 Å². The number of hydrogen-bond donors (Lipinski definition) is 2. The number of rotatable bonds is 8. The van der Waals surface area contributed by atoms with Crippen molar-refractivity contribution in [3.8, 4) is 5.75 Å². The molecule has 0 aromatic heterocycles. The predicted molar refractivity (Wildman–Crippen MR) is 101 cm³/mol. The SMILES string of the molecule is C=C(C)CN=C(N)NCCCCOc1ccc(C)cc1.I. The fourth-order valence-electron chi connectivity index (χ4n) is 1.54. The van der Waals surface area contributed by atoms with E-state index in [2.05, 4.69) is 35.9 Å².